The Morgan fingerprint density at radius 2 is 2.26 bits per heavy atom. The molecule has 102 valence electrons. The molecule has 0 amide bonds. The Hall–Kier alpha value is -1.22. The summed E-state index contributed by atoms with van der Waals surface area (Å²) in [6.45, 7) is 1.86. The van der Waals surface area contributed by atoms with E-state index in [1.807, 2.05) is 0 Å². The minimum Gasteiger partial charge on any atom is -0.471 e. The molecule has 2 aliphatic heterocycles. The third-order valence-electron chi connectivity index (χ3n) is 5.48. The smallest absolute Gasteiger partial charge is 0.159 e. The maximum Gasteiger partial charge on any atom is 0.159 e. The fraction of sp³-hybridized carbons (Fsp3) is 0.625. The van der Waals surface area contributed by atoms with Gasteiger partial charge < -0.3 is 15.0 Å². The predicted octanol–water partition coefficient (Wildman–Crippen LogP) is 2.96. The number of rotatable bonds is 1. The molecule has 0 spiro atoms. The molecule has 4 rings (SSSR count). The fourth-order valence-corrected chi connectivity index (χ4v) is 4.46. The van der Waals surface area contributed by atoms with E-state index in [-0.39, 0.29) is 0 Å². The highest BCUT2D eigenvalue weighted by Gasteiger charge is 2.48. The average Bonchev–Trinajstić information content (AvgIpc) is 3.04. The molecule has 1 saturated carbocycles. The van der Waals surface area contributed by atoms with Crippen LogP contribution in [0.2, 0.25) is 0 Å². The zero-order chi connectivity index (χ0) is 12.9. The number of nitrogens with one attached hydrogen (secondary N) is 1. The molecule has 0 aromatic heterocycles. The van der Waals surface area contributed by atoms with Gasteiger partial charge in [0, 0.05) is 11.5 Å². The van der Waals surface area contributed by atoms with Crippen molar-refractivity contribution in [2.45, 2.75) is 43.6 Å². The summed E-state index contributed by atoms with van der Waals surface area (Å²) in [6, 6.07) is 7.56. The van der Waals surface area contributed by atoms with Gasteiger partial charge in [0.05, 0.1) is 5.69 Å². The van der Waals surface area contributed by atoms with Crippen LogP contribution in [0.5, 0.6) is 5.75 Å². The van der Waals surface area contributed by atoms with E-state index in [1.165, 1.54) is 44.2 Å². The molecule has 1 aliphatic carbocycles. The molecule has 1 aromatic rings. The second-order valence-electron chi connectivity index (χ2n) is 6.32. The van der Waals surface area contributed by atoms with Gasteiger partial charge in [0.2, 0.25) is 0 Å². The molecule has 1 saturated heterocycles. The Morgan fingerprint density at radius 1 is 1.32 bits per heavy atom. The van der Waals surface area contributed by atoms with Crippen LogP contribution in [-0.4, -0.2) is 31.3 Å². The van der Waals surface area contributed by atoms with E-state index in [9.17, 15) is 0 Å². The number of likely N-dealkylation sites (N-methyl/N-ethyl adjacent to an activating group) is 1. The molecule has 1 aromatic carbocycles. The van der Waals surface area contributed by atoms with Crippen molar-refractivity contribution in [1.82, 2.24) is 4.90 Å². The number of fused-ring (bicyclic) bond motifs is 2. The molecule has 2 atom stereocenters. The molecule has 1 N–H and O–H groups in total. The summed E-state index contributed by atoms with van der Waals surface area (Å²) in [7, 11) is 2.29. The average molecular weight is 258 g/mol. The first-order valence-corrected chi connectivity index (χ1v) is 7.51. The summed E-state index contributed by atoms with van der Waals surface area (Å²) in [5, 5.41) is 3.26. The molecule has 0 radical (unpaired) electrons. The van der Waals surface area contributed by atoms with Crippen molar-refractivity contribution >= 4 is 5.69 Å². The summed E-state index contributed by atoms with van der Waals surface area (Å²) in [5.74, 6) is 1.05. The van der Waals surface area contributed by atoms with E-state index in [0.717, 1.165) is 17.5 Å². The van der Waals surface area contributed by atoms with Crippen molar-refractivity contribution in [1.29, 1.82) is 0 Å². The van der Waals surface area contributed by atoms with Crippen LogP contribution in [0, 0.1) is 0 Å². The van der Waals surface area contributed by atoms with Gasteiger partial charge in [-0.25, -0.2) is 0 Å². The maximum atomic E-state index is 5.68. The van der Waals surface area contributed by atoms with Crippen molar-refractivity contribution in [3.63, 3.8) is 0 Å². The normalized spacial score (nSPS) is 33.4. The van der Waals surface area contributed by atoms with Gasteiger partial charge in [-0.3, -0.25) is 0 Å². The number of anilines is 1. The molecular weight excluding hydrogens is 236 g/mol. The first-order chi connectivity index (χ1) is 9.29. The number of hydrogen-bond acceptors (Lipinski definition) is 3. The first kappa shape index (κ1) is 11.6. The lowest BCUT2D eigenvalue weighted by molar-refractivity contribution is 0.181. The summed E-state index contributed by atoms with van der Waals surface area (Å²) in [4.78, 5) is 2.57. The van der Waals surface area contributed by atoms with E-state index >= 15 is 0 Å². The maximum absolute atomic E-state index is 5.68. The number of hydrogen-bond donors (Lipinski definition) is 1. The van der Waals surface area contributed by atoms with Crippen molar-refractivity contribution in [3.05, 3.63) is 23.8 Å². The van der Waals surface area contributed by atoms with Crippen molar-refractivity contribution in [2.75, 3.05) is 25.6 Å². The molecule has 3 nitrogen and oxygen atoms in total. The van der Waals surface area contributed by atoms with Gasteiger partial charge in [0.1, 0.15) is 5.75 Å². The van der Waals surface area contributed by atoms with E-state index in [4.69, 9.17) is 4.74 Å². The Labute approximate surface area is 114 Å². The summed E-state index contributed by atoms with van der Waals surface area (Å²) in [6.07, 6.45) is 6.77. The minimum atomic E-state index is 0.383. The monoisotopic (exact) mass is 258 g/mol. The van der Waals surface area contributed by atoms with Gasteiger partial charge in [-0.15, -0.1) is 0 Å². The van der Waals surface area contributed by atoms with Crippen LogP contribution in [0.25, 0.3) is 0 Å². The SMILES string of the molecule is CN1CC[C@]2(c3ccc4c(c3)OCN4)CCCC[C@H]12. The van der Waals surface area contributed by atoms with Crippen molar-refractivity contribution < 1.29 is 4.74 Å². The lowest BCUT2D eigenvalue weighted by Crippen LogP contribution is -2.43. The van der Waals surface area contributed by atoms with E-state index in [0.29, 0.717) is 12.1 Å². The molecule has 19 heavy (non-hydrogen) atoms. The molecule has 2 fully saturated rings. The van der Waals surface area contributed by atoms with Crippen LogP contribution in [0.1, 0.15) is 37.7 Å². The highest BCUT2D eigenvalue weighted by molar-refractivity contribution is 5.61. The van der Waals surface area contributed by atoms with Gasteiger partial charge in [-0.1, -0.05) is 18.9 Å². The number of nitrogens with zero attached hydrogens (tertiary/aromatic N) is 1. The Morgan fingerprint density at radius 3 is 3.21 bits per heavy atom. The summed E-state index contributed by atoms with van der Waals surface area (Å²) >= 11 is 0. The molecule has 2 heterocycles. The van der Waals surface area contributed by atoms with Crippen LogP contribution in [0.15, 0.2) is 18.2 Å². The number of ether oxygens (including phenoxy) is 1. The molecule has 3 heteroatoms. The predicted molar refractivity (Wildman–Crippen MR) is 76.7 cm³/mol. The van der Waals surface area contributed by atoms with E-state index in [1.54, 1.807) is 0 Å². The Kier molecular flexibility index (Phi) is 2.52. The minimum absolute atomic E-state index is 0.383. The van der Waals surface area contributed by atoms with Crippen LogP contribution in [0.4, 0.5) is 5.69 Å². The summed E-state index contributed by atoms with van der Waals surface area (Å²) < 4.78 is 5.68. The zero-order valence-electron chi connectivity index (χ0n) is 11.6. The molecule has 0 bridgehead atoms. The lowest BCUT2D eigenvalue weighted by Gasteiger charge is -2.41. The second kappa shape index (κ2) is 4.14. The van der Waals surface area contributed by atoms with Crippen molar-refractivity contribution in [3.8, 4) is 5.75 Å². The van der Waals surface area contributed by atoms with Gasteiger partial charge in [0.15, 0.2) is 6.73 Å². The van der Waals surface area contributed by atoms with Gasteiger partial charge in [-0.05, 0) is 50.6 Å². The second-order valence-corrected chi connectivity index (χ2v) is 6.32. The largest absolute Gasteiger partial charge is 0.471 e. The Bertz CT molecular complexity index is 498. The topological polar surface area (TPSA) is 24.5 Å². The number of benzene rings is 1. The van der Waals surface area contributed by atoms with Crippen LogP contribution in [0.3, 0.4) is 0 Å². The van der Waals surface area contributed by atoms with E-state index < -0.39 is 0 Å². The van der Waals surface area contributed by atoms with Gasteiger partial charge in [-0.2, -0.15) is 0 Å². The quantitative estimate of drug-likeness (QED) is 0.838. The first-order valence-electron chi connectivity index (χ1n) is 7.51. The Balaban J connectivity index is 1.77. The zero-order valence-corrected chi connectivity index (χ0v) is 11.6. The standard InChI is InChI=1S/C16H22N2O/c1-18-9-8-16(7-3-2-4-15(16)18)12-5-6-13-14(10-12)19-11-17-13/h5-6,10,15,17H,2-4,7-9,11H2,1H3/t15-,16-/m0/s1. The van der Waals surface area contributed by atoms with Crippen LogP contribution in [-0.2, 0) is 5.41 Å². The van der Waals surface area contributed by atoms with Crippen LogP contribution >= 0.6 is 0 Å². The summed E-state index contributed by atoms with van der Waals surface area (Å²) in [5.41, 5.74) is 3.04. The molecular formula is C16H22N2O. The highest BCUT2D eigenvalue weighted by atomic mass is 16.5. The number of likely N-dealkylation sites (tertiary alicyclic amines) is 1. The van der Waals surface area contributed by atoms with Crippen molar-refractivity contribution in [2.24, 2.45) is 0 Å². The third kappa shape index (κ3) is 1.61. The lowest BCUT2D eigenvalue weighted by atomic mass is 9.66. The fourth-order valence-electron chi connectivity index (χ4n) is 4.46. The van der Waals surface area contributed by atoms with Gasteiger partial charge in [0.25, 0.3) is 0 Å². The third-order valence-corrected chi connectivity index (χ3v) is 5.48. The van der Waals surface area contributed by atoms with E-state index in [2.05, 4.69) is 35.5 Å². The molecule has 3 aliphatic rings. The van der Waals surface area contributed by atoms with Gasteiger partial charge >= 0.3 is 0 Å². The van der Waals surface area contributed by atoms with Crippen LogP contribution < -0.4 is 10.1 Å². The molecule has 0 unspecified atom stereocenters. The highest BCUT2D eigenvalue weighted by Crippen LogP contribution is 2.49.